The first kappa shape index (κ1) is 33.9. The fraction of sp³-hybridized carbons (Fsp3) is 0.324. The standard InChI is InChI=1S/C34H36N4O6.Na.H/c1-7-19-15(3)23-12-25-17(5)21(9-10-29(39)40)32(37-25)22(11-30(41)42)33-31(34(43)44)18(6)26(38-33)14-28-20(8-2)16(4)24(36-28)13-27(19)35-23;;/h7,12-14,17,21,36,38H,1,8-11H2,2-6H3,(H,39,40)(H,41,42)(H,43,44);;/q;+1;-1/t17-,21-;;/m0../s1. The second-order valence-electron chi connectivity index (χ2n) is 11.5. The number of nitrogens with zero attached hydrogens (tertiary/aromatic N) is 2. The van der Waals surface area contributed by atoms with Gasteiger partial charge in [0.1, 0.15) is 0 Å². The molecule has 5 rings (SSSR count). The average molecular weight is 621 g/mol. The summed E-state index contributed by atoms with van der Waals surface area (Å²) in [5.41, 5.74) is 9.27. The minimum Gasteiger partial charge on any atom is -1.00 e. The van der Waals surface area contributed by atoms with Crippen molar-refractivity contribution in [2.45, 2.75) is 72.1 Å². The summed E-state index contributed by atoms with van der Waals surface area (Å²) < 4.78 is 0. The van der Waals surface area contributed by atoms with Crippen LogP contribution in [-0.2, 0) is 22.4 Å². The number of rotatable bonds is 8. The first-order valence-corrected chi connectivity index (χ1v) is 14.6. The van der Waals surface area contributed by atoms with Crippen LogP contribution >= 0.6 is 0 Å². The molecule has 5 heterocycles. The molecule has 45 heavy (non-hydrogen) atoms. The first-order chi connectivity index (χ1) is 20.9. The van der Waals surface area contributed by atoms with Gasteiger partial charge in [-0.15, -0.1) is 0 Å². The average Bonchev–Trinajstić information content (AvgIpc) is 3.63. The van der Waals surface area contributed by atoms with Crippen molar-refractivity contribution in [2.24, 2.45) is 0 Å². The van der Waals surface area contributed by atoms with Gasteiger partial charge in [-0.3, -0.25) is 14.6 Å². The molecule has 2 aliphatic rings. The Labute approximate surface area is 284 Å². The predicted octanol–water partition coefficient (Wildman–Crippen LogP) is 3.80. The molecule has 230 valence electrons. The molecule has 10 nitrogen and oxygen atoms in total. The minimum absolute atomic E-state index is 0. The van der Waals surface area contributed by atoms with Crippen LogP contribution in [0.25, 0.3) is 33.2 Å². The van der Waals surface area contributed by atoms with E-state index in [0.717, 1.165) is 45.4 Å². The van der Waals surface area contributed by atoms with E-state index in [1.54, 1.807) is 13.0 Å². The molecular weight excluding hydrogens is 583 g/mol. The number of nitrogens with one attached hydrogen (secondary N) is 2. The smallest absolute Gasteiger partial charge is 1.00 e. The van der Waals surface area contributed by atoms with Crippen LogP contribution in [0.15, 0.2) is 30.9 Å². The van der Waals surface area contributed by atoms with Crippen LogP contribution in [0.2, 0.25) is 0 Å². The van der Waals surface area contributed by atoms with E-state index in [4.69, 9.17) is 9.97 Å². The molecule has 5 N–H and O–H groups in total. The van der Waals surface area contributed by atoms with E-state index >= 15 is 0 Å². The first-order valence-electron chi connectivity index (χ1n) is 14.6. The van der Waals surface area contributed by atoms with E-state index in [-0.39, 0.29) is 66.4 Å². The summed E-state index contributed by atoms with van der Waals surface area (Å²) in [6.07, 6.45) is 2.04. The molecule has 0 saturated heterocycles. The summed E-state index contributed by atoms with van der Waals surface area (Å²) >= 11 is 0. The molecule has 0 radical (unpaired) electrons. The number of H-pyrrole nitrogens is 2. The zero-order chi connectivity index (χ0) is 32.0. The van der Waals surface area contributed by atoms with Gasteiger partial charge >= 0.3 is 47.5 Å². The Morgan fingerprint density at radius 2 is 1.62 bits per heavy atom. The fourth-order valence-electron chi connectivity index (χ4n) is 6.53. The van der Waals surface area contributed by atoms with Crippen molar-refractivity contribution in [3.63, 3.8) is 0 Å². The molecule has 11 heteroatoms. The number of carbonyl (C=O) groups is 3. The summed E-state index contributed by atoms with van der Waals surface area (Å²) in [6.45, 7) is 13.7. The molecule has 2 aliphatic heterocycles. The van der Waals surface area contributed by atoms with E-state index in [1.165, 1.54) is 0 Å². The fourth-order valence-corrected chi connectivity index (χ4v) is 6.53. The van der Waals surface area contributed by atoms with Gasteiger partial charge in [0.05, 0.1) is 34.6 Å². The third-order valence-corrected chi connectivity index (χ3v) is 8.95. The van der Waals surface area contributed by atoms with Crippen molar-refractivity contribution in [3.05, 3.63) is 81.4 Å². The molecule has 0 aliphatic carbocycles. The maximum absolute atomic E-state index is 12.7. The van der Waals surface area contributed by atoms with Gasteiger partial charge in [0.25, 0.3) is 0 Å². The van der Waals surface area contributed by atoms with Gasteiger partial charge < -0.3 is 26.7 Å². The zero-order valence-electron chi connectivity index (χ0n) is 27.5. The normalized spacial score (nSPS) is 15.9. The van der Waals surface area contributed by atoms with Gasteiger partial charge in [0.15, 0.2) is 0 Å². The van der Waals surface area contributed by atoms with Crippen LogP contribution in [-0.4, -0.2) is 53.2 Å². The maximum atomic E-state index is 12.7. The van der Waals surface area contributed by atoms with Crippen molar-refractivity contribution in [1.82, 2.24) is 19.9 Å². The van der Waals surface area contributed by atoms with E-state index in [2.05, 4.69) is 16.5 Å². The quantitative estimate of drug-likeness (QED) is 0.237. The second-order valence-corrected chi connectivity index (χ2v) is 11.5. The summed E-state index contributed by atoms with van der Waals surface area (Å²) in [6, 6.07) is 5.70. The van der Waals surface area contributed by atoms with Crippen molar-refractivity contribution < 1.29 is 60.7 Å². The molecule has 0 aromatic carbocycles. The molecule has 0 saturated carbocycles. The number of aryl methyl sites for hydroxylation is 3. The Bertz CT molecular complexity index is 1960. The Morgan fingerprint density at radius 3 is 2.22 bits per heavy atom. The van der Waals surface area contributed by atoms with Crippen LogP contribution in [0, 0.1) is 13.8 Å². The van der Waals surface area contributed by atoms with Gasteiger partial charge in [-0.05, 0) is 74.1 Å². The maximum Gasteiger partial charge on any atom is 1.00 e. The Kier molecular flexibility index (Phi) is 9.91. The largest absolute Gasteiger partial charge is 1.00 e. The van der Waals surface area contributed by atoms with Crippen molar-refractivity contribution in [2.75, 3.05) is 0 Å². The van der Waals surface area contributed by atoms with E-state index in [1.807, 2.05) is 45.9 Å². The number of allylic oxidation sites excluding steroid dienone is 3. The van der Waals surface area contributed by atoms with Gasteiger partial charge in [-0.1, -0.05) is 26.5 Å². The number of aliphatic carboxylic acids is 2. The van der Waals surface area contributed by atoms with Gasteiger partial charge in [0.2, 0.25) is 0 Å². The van der Waals surface area contributed by atoms with E-state index in [9.17, 15) is 29.7 Å². The molecule has 2 atom stereocenters. The molecule has 8 bridgehead atoms. The Morgan fingerprint density at radius 1 is 0.933 bits per heavy atom. The number of carboxylic acids is 3. The summed E-state index contributed by atoms with van der Waals surface area (Å²) in [5, 5.41) is 29.9. The molecule has 0 fully saturated rings. The number of hydrogen-bond acceptors (Lipinski definition) is 5. The van der Waals surface area contributed by atoms with Crippen LogP contribution in [0.1, 0.15) is 102 Å². The Balaban J connectivity index is 0.00000288. The van der Waals surface area contributed by atoms with Crippen molar-refractivity contribution in [3.8, 4) is 0 Å². The third-order valence-electron chi connectivity index (χ3n) is 8.95. The van der Waals surface area contributed by atoms with Gasteiger partial charge in [-0.2, -0.15) is 0 Å². The van der Waals surface area contributed by atoms with Crippen molar-refractivity contribution in [1.29, 1.82) is 0 Å². The number of aromatic carboxylic acids is 1. The minimum atomic E-state index is -1.20. The van der Waals surface area contributed by atoms with E-state index < -0.39 is 30.2 Å². The van der Waals surface area contributed by atoms with Crippen LogP contribution in [0.4, 0.5) is 0 Å². The zero-order valence-corrected chi connectivity index (χ0v) is 28.5. The molecular formula is C34H37N4NaO6. The Hall–Kier alpha value is -3.99. The van der Waals surface area contributed by atoms with Crippen LogP contribution in [0.3, 0.4) is 0 Å². The molecule has 0 unspecified atom stereocenters. The van der Waals surface area contributed by atoms with Crippen LogP contribution < -0.4 is 29.6 Å². The molecule has 0 amide bonds. The van der Waals surface area contributed by atoms with Crippen molar-refractivity contribution >= 4 is 51.1 Å². The molecule has 3 aromatic rings. The summed E-state index contributed by atoms with van der Waals surface area (Å²) in [4.78, 5) is 53.2. The molecule has 0 spiro atoms. The second kappa shape index (κ2) is 13.2. The summed E-state index contributed by atoms with van der Waals surface area (Å²) in [7, 11) is 0. The van der Waals surface area contributed by atoms with Gasteiger partial charge in [0, 0.05) is 51.6 Å². The number of aromatic amines is 2. The van der Waals surface area contributed by atoms with E-state index in [0.29, 0.717) is 28.2 Å². The number of fused-ring (bicyclic) bond motifs is 8. The topological polar surface area (TPSA) is 169 Å². The number of hydrogen-bond donors (Lipinski definition) is 5. The van der Waals surface area contributed by atoms with Gasteiger partial charge in [-0.25, -0.2) is 9.78 Å². The SMILES string of the molecule is C=CC1=C(C)c2cc3nc(c(CC(=O)O)c4[nH]c(cc5[nH]c(cc1n2)c(C)c5CC)c(C)c4C(=O)O)[C@@H](CCC(=O)O)[C@@H]3C.[H-].[Na+]. The molecule has 3 aromatic heterocycles. The third kappa shape index (κ3) is 6.14. The summed E-state index contributed by atoms with van der Waals surface area (Å²) in [5.74, 6) is -4.08. The number of carboxylic acid groups (broad SMARTS) is 3. The van der Waals surface area contributed by atoms with Crippen LogP contribution in [0.5, 0.6) is 0 Å². The monoisotopic (exact) mass is 620 g/mol. The number of aromatic nitrogens is 4. The predicted molar refractivity (Wildman–Crippen MR) is 170 cm³/mol.